The lowest BCUT2D eigenvalue weighted by molar-refractivity contribution is 0.0391. The molecular formula is C7H19NO5SSi. The number of hydrogen-bond donors (Lipinski definition) is 5. The molecule has 0 aromatic heterocycles. The maximum absolute atomic E-state index is 9.30. The lowest BCUT2D eigenvalue weighted by Gasteiger charge is -2.12. The lowest BCUT2D eigenvalue weighted by Crippen LogP contribution is -2.34. The third-order valence-corrected chi connectivity index (χ3v) is 3.05. The molecule has 15 heavy (non-hydrogen) atoms. The van der Waals surface area contributed by atoms with Gasteiger partial charge in [-0.05, 0) is 12.7 Å². The minimum atomic E-state index is -3.91. The van der Waals surface area contributed by atoms with Crippen LogP contribution in [0.4, 0.5) is 0 Å². The molecular weight excluding hydrogens is 238 g/mol. The molecule has 0 heterocycles. The van der Waals surface area contributed by atoms with Crippen molar-refractivity contribution in [1.82, 2.24) is 4.72 Å². The Bertz CT molecular complexity index is 157. The highest BCUT2D eigenvalue weighted by Crippen LogP contribution is 2.01. The molecule has 0 saturated carbocycles. The summed E-state index contributed by atoms with van der Waals surface area (Å²) in [6, 6.07) is -0.0356. The van der Waals surface area contributed by atoms with Crippen LogP contribution in [0.2, 0.25) is 6.04 Å². The van der Waals surface area contributed by atoms with E-state index in [-0.39, 0.29) is 12.7 Å². The highest BCUT2D eigenvalue weighted by molar-refractivity contribution is 7.96. The Morgan fingerprint density at radius 1 is 1.40 bits per heavy atom. The zero-order valence-electron chi connectivity index (χ0n) is 8.72. The van der Waals surface area contributed by atoms with E-state index in [1.807, 2.05) is 6.26 Å². The highest BCUT2D eigenvalue weighted by atomic mass is 32.2. The molecule has 0 spiro atoms. The van der Waals surface area contributed by atoms with E-state index in [2.05, 4.69) is 4.72 Å². The van der Waals surface area contributed by atoms with Crippen LogP contribution in [-0.4, -0.2) is 60.4 Å². The summed E-state index contributed by atoms with van der Waals surface area (Å²) in [6.45, 7) is 0.941. The highest BCUT2D eigenvalue weighted by Gasteiger charge is 2.25. The molecule has 8 heteroatoms. The molecule has 0 aromatic carbocycles. The minimum absolute atomic E-state index is 0.0356. The molecule has 0 aromatic rings. The number of aliphatic hydroxyl groups is 1. The SMILES string of the molecule is CSNCC(O)COCCC[Si](O)(O)O. The van der Waals surface area contributed by atoms with Crippen molar-refractivity contribution in [2.24, 2.45) is 0 Å². The van der Waals surface area contributed by atoms with Crippen molar-refractivity contribution in [1.29, 1.82) is 0 Å². The molecule has 1 atom stereocenters. The van der Waals surface area contributed by atoms with Crippen molar-refractivity contribution < 1.29 is 24.2 Å². The van der Waals surface area contributed by atoms with Crippen molar-refractivity contribution in [2.75, 3.05) is 26.0 Å². The Hall–Kier alpha value is 0.327. The summed E-state index contributed by atoms with van der Waals surface area (Å²) in [6.07, 6.45) is 1.66. The molecule has 0 aliphatic carbocycles. The molecule has 0 amide bonds. The Morgan fingerprint density at radius 3 is 2.60 bits per heavy atom. The van der Waals surface area contributed by atoms with E-state index < -0.39 is 14.9 Å². The normalized spacial score (nSPS) is 14.2. The largest absolute Gasteiger partial charge is 0.492 e. The van der Waals surface area contributed by atoms with Crippen LogP contribution in [0.15, 0.2) is 0 Å². The van der Waals surface area contributed by atoms with Gasteiger partial charge in [-0.3, -0.25) is 4.72 Å². The van der Waals surface area contributed by atoms with Crippen LogP contribution in [0.5, 0.6) is 0 Å². The molecule has 0 saturated heterocycles. The van der Waals surface area contributed by atoms with Crippen molar-refractivity contribution >= 4 is 20.8 Å². The first-order valence-corrected chi connectivity index (χ1v) is 7.92. The van der Waals surface area contributed by atoms with Gasteiger partial charge in [-0.15, -0.1) is 0 Å². The van der Waals surface area contributed by atoms with Gasteiger partial charge in [0.25, 0.3) is 0 Å². The Balaban J connectivity index is 3.23. The van der Waals surface area contributed by atoms with E-state index in [0.717, 1.165) is 0 Å². The average Bonchev–Trinajstić information content (AvgIpc) is 2.12. The van der Waals surface area contributed by atoms with Gasteiger partial charge in [-0.2, -0.15) is 0 Å². The van der Waals surface area contributed by atoms with Gasteiger partial charge in [-0.1, -0.05) is 11.9 Å². The number of rotatable bonds is 9. The minimum Gasteiger partial charge on any atom is -0.390 e. The summed E-state index contributed by atoms with van der Waals surface area (Å²) in [7, 11) is -3.91. The molecule has 1 unspecified atom stereocenters. The van der Waals surface area contributed by atoms with Gasteiger partial charge in [0, 0.05) is 19.2 Å². The first kappa shape index (κ1) is 15.3. The lowest BCUT2D eigenvalue weighted by atomic mass is 10.4. The van der Waals surface area contributed by atoms with Crippen molar-refractivity contribution in [3.63, 3.8) is 0 Å². The summed E-state index contributed by atoms with van der Waals surface area (Å²) in [5.74, 6) is 0. The van der Waals surface area contributed by atoms with Gasteiger partial charge in [0.05, 0.1) is 12.7 Å². The van der Waals surface area contributed by atoms with E-state index in [1.165, 1.54) is 11.9 Å². The van der Waals surface area contributed by atoms with Crippen LogP contribution in [-0.2, 0) is 4.74 Å². The third kappa shape index (κ3) is 12.3. The molecule has 0 aliphatic heterocycles. The van der Waals surface area contributed by atoms with E-state index in [4.69, 9.17) is 19.1 Å². The summed E-state index contributed by atoms with van der Waals surface area (Å²) >= 11 is 1.42. The van der Waals surface area contributed by atoms with Crippen LogP contribution in [0.1, 0.15) is 6.42 Å². The smallest absolute Gasteiger partial charge is 0.390 e. The van der Waals surface area contributed by atoms with Crippen LogP contribution in [0.3, 0.4) is 0 Å². The van der Waals surface area contributed by atoms with Crippen LogP contribution in [0, 0.1) is 0 Å². The standard InChI is InChI=1S/C7H19NO5SSi/c1-14-8-5-7(9)6-13-3-2-4-15(10,11)12/h7-12H,2-6H2,1H3. The van der Waals surface area contributed by atoms with Gasteiger partial charge >= 0.3 is 8.80 Å². The number of hydrogen-bond acceptors (Lipinski definition) is 7. The zero-order valence-corrected chi connectivity index (χ0v) is 10.5. The maximum atomic E-state index is 9.30. The Labute approximate surface area is 94.8 Å². The van der Waals surface area contributed by atoms with E-state index in [1.54, 1.807) is 0 Å². The second kappa shape index (κ2) is 8.48. The molecule has 0 aliphatic rings. The molecule has 92 valence electrons. The Kier molecular flexibility index (Phi) is 8.66. The first-order chi connectivity index (χ1) is 6.95. The third-order valence-electron chi connectivity index (χ3n) is 1.57. The second-order valence-corrected chi connectivity index (χ2v) is 5.90. The van der Waals surface area contributed by atoms with Gasteiger partial charge in [-0.25, -0.2) is 0 Å². The predicted molar refractivity (Wildman–Crippen MR) is 60.2 cm³/mol. The number of nitrogens with one attached hydrogen (secondary N) is 1. The van der Waals surface area contributed by atoms with Gasteiger partial charge in [0.15, 0.2) is 0 Å². The molecule has 5 N–H and O–H groups in total. The Morgan fingerprint density at radius 2 is 2.07 bits per heavy atom. The van der Waals surface area contributed by atoms with Gasteiger partial charge < -0.3 is 24.2 Å². The summed E-state index contributed by atoms with van der Waals surface area (Å²) < 4.78 is 7.96. The van der Waals surface area contributed by atoms with Crippen LogP contribution < -0.4 is 4.72 Å². The van der Waals surface area contributed by atoms with E-state index in [9.17, 15) is 5.11 Å². The first-order valence-electron chi connectivity index (χ1n) is 4.64. The predicted octanol–water partition coefficient (Wildman–Crippen LogP) is -1.46. The fourth-order valence-corrected chi connectivity index (χ4v) is 1.85. The van der Waals surface area contributed by atoms with Crippen molar-refractivity contribution in [3.05, 3.63) is 0 Å². The summed E-state index contributed by atoms with van der Waals surface area (Å²) in [5.41, 5.74) is 0. The van der Waals surface area contributed by atoms with Crippen molar-refractivity contribution in [3.8, 4) is 0 Å². The van der Waals surface area contributed by atoms with E-state index in [0.29, 0.717) is 19.6 Å². The van der Waals surface area contributed by atoms with Gasteiger partial charge in [0.2, 0.25) is 0 Å². The van der Waals surface area contributed by atoms with Crippen LogP contribution >= 0.6 is 11.9 Å². The fraction of sp³-hybridized carbons (Fsp3) is 1.00. The molecule has 0 rings (SSSR count). The molecule has 0 radical (unpaired) electrons. The van der Waals surface area contributed by atoms with Crippen LogP contribution in [0.25, 0.3) is 0 Å². The number of ether oxygens (including phenoxy) is 1. The summed E-state index contributed by atoms with van der Waals surface area (Å²) in [4.78, 5) is 26.0. The monoisotopic (exact) mass is 257 g/mol. The quantitative estimate of drug-likeness (QED) is 0.195. The molecule has 6 nitrogen and oxygen atoms in total. The van der Waals surface area contributed by atoms with Crippen molar-refractivity contribution in [2.45, 2.75) is 18.6 Å². The van der Waals surface area contributed by atoms with E-state index >= 15 is 0 Å². The second-order valence-electron chi connectivity index (χ2n) is 3.16. The maximum Gasteiger partial charge on any atom is 0.492 e. The zero-order chi connectivity index (χ0) is 11.7. The summed E-state index contributed by atoms with van der Waals surface area (Å²) in [5, 5.41) is 9.30. The topological polar surface area (TPSA) is 102 Å². The fourth-order valence-electron chi connectivity index (χ4n) is 0.869. The average molecular weight is 257 g/mol. The number of aliphatic hydroxyl groups excluding tert-OH is 1. The molecule has 0 fully saturated rings. The molecule has 0 bridgehead atoms. The van der Waals surface area contributed by atoms with Gasteiger partial charge in [0.1, 0.15) is 0 Å².